The zero-order valence-corrected chi connectivity index (χ0v) is 11.4. The molecule has 1 heterocycles. The van der Waals surface area contributed by atoms with Crippen molar-refractivity contribution in [1.82, 2.24) is 0 Å². The van der Waals surface area contributed by atoms with Gasteiger partial charge >= 0.3 is 0 Å². The van der Waals surface area contributed by atoms with E-state index in [9.17, 15) is 5.11 Å². The Hall–Kier alpha value is -1.02. The molecule has 0 saturated heterocycles. The van der Waals surface area contributed by atoms with Crippen LogP contribution in [0.4, 0.5) is 0 Å². The second-order valence-electron chi connectivity index (χ2n) is 5.61. The van der Waals surface area contributed by atoms with Crippen LogP contribution in [0.3, 0.4) is 0 Å². The number of para-hydroxylation sites is 1. The summed E-state index contributed by atoms with van der Waals surface area (Å²) in [5, 5.41) is 9.83. The van der Waals surface area contributed by atoms with Crippen LogP contribution in [0.1, 0.15) is 51.0 Å². The van der Waals surface area contributed by atoms with Gasteiger partial charge in [-0.2, -0.15) is 0 Å². The zero-order chi connectivity index (χ0) is 13.0. The summed E-state index contributed by atoms with van der Waals surface area (Å²) in [6.45, 7) is 4.98. The molecule has 2 nitrogen and oxygen atoms in total. The van der Waals surface area contributed by atoms with Crippen LogP contribution in [0.25, 0.3) is 0 Å². The van der Waals surface area contributed by atoms with Gasteiger partial charge in [0.1, 0.15) is 5.75 Å². The predicted octanol–water partition coefficient (Wildman–Crippen LogP) is 3.74. The van der Waals surface area contributed by atoms with Crippen LogP contribution < -0.4 is 4.74 Å². The Morgan fingerprint density at radius 1 is 1.33 bits per heavy atom. The van der Waals surface area contributed by atoms with E-state index in [1.54, 1.807) is 0 Å². The highest BCUT2D eigenvalue weighted by molar-refractivity contribution is 5.37. The normalized spacial score (nSPS) is 20.3. The molecule has 2 rings (SSSR count). The van der Waals surface area contributed by atoms with Gasteiger partial charge in [0, 0.05) is 0 Å². The standard InChI is InChI=1S/C16H24O2/c1-12(2)15(17)8-5-6-13-10-11-18-16-9-4-3-7-14(13)16/h3-4,7,9,12-13,15,17H,5-6,8,10-11H2,1-2H3. The maximum absolute atomic E-state index is 9.83. The first-order valence-corrected chi connectivity index (χ1v) is 7.08. The number of rotatable bonds is 5. The van der Waals surface area contributed by atoms with Crippen molar-refractivity contribution in [2.24, 2.45) is 5.92 Å². The van der Waals surface area contributed by atoms with Gasteiger partial charge in [-0.05, 0) is 42.7 Å². The topological polar surface area (TPSA) is 29.5 Å². The van der Waals surface area contributed by atoms with Crippen molar-refractivity contribution in [2.45, 2.75) is 51.6 Å². The summed E-state index contributed by atoms with van der Waals surface area (Å²) in [5.74, 6) is 2.03. The molecule has 1 aromatic carbocycles. The number of ether oxygens (including phenoxy) is 1. The van der Waals surface area contributed by atoms with Crippen LogP contribution in [0, 0.1) is 5.92 Å². The fraction of sp³-hybridized carbons (Fsp3) is 0.625. The quantitative estimate of drug-likeness (QED) is 0.860. The Labute approximate surface area is 110 Å². The van der Waals surface area contributed by atoms with Gasteiger partial charge in [-0.3, -0.25) is 0 Å². The summed E-state index contributed by atoms with van der Waals surface area (Å²) in [5.41, 5.74) is 1.35. The molecule has 0 saturated carbocycles. The van der Waals surface area contributed by atoms with Crippen LogP contribution in [-0.2, 0) is 0 Å². The lowest BCUT2D eigenvalue weighted by Gasteiger charge is -2.26. The molecule has 18 heavy (non-hydrogen) atoms. The number of hydrogen-bond donors (Lipinski definition) is 1. The third-order valence-corrected chi connectivity index (χ3v) is 3.90. The summed E-state index contributed by atoms with van der Waals surface area (Å²) in [7, 11) is 0. The van der Waals surface area contributed by atoms with E-state index in [1.165, 1.54) is 5.56 Å². The van der Waals surface area contributed by atoms with E-state index in [0.29, 0.717) is 11.8 Å². The molecule has 0 amide bonds. The van der Waals surface area contributed by atoms with Crippen LogP contribution >= 0.6 is 0 Å². The minimum absolute atomic E-state index is 0.153. The molecule has 0 fully saturated rings. The zero-order valence-electron chi connectivity index (χ0n) is 11.4. The molecule has 1 aliphatic heterocycles. The largest absolute Gasteiger partial charge is 0.493 e. The second-order valence-corrected chi connectivity index (χ2v) is 5.61. The fourth-order valence-electron chi connectivity index (χ4n) is 2.62. The van der Waals surface area contributed by atoms with E-state index >= 15 is 0 Å². The molecule has 0 aromatic heterocycles. The maximum Gasteiger partial charge on any atom is 0.122 e. The Morgan fingerprint density at radius 2 is 2.11 bits per heavy atom. The summed E-state index contributed by atoms with van der Waals surface area (Å²) in [4.78, 5) is 0. The van der Waals surface area contributed by atoms with E-state index in [-0.39, 0.29) is 6.10 Å². The Bertz CT molecular complexity index is 373. The molecule has 100 valence electrons. The van der Waals surface area contributed by atoms with E-state index in [4.69, 9.17) is 4.74 Å². The number of fused-ring (bicyclic) bond motifs is 1. The van der Waals surface area contributed by atoms with Gasteiger partial charge in [0.05, 0.1) is 12.7 Å². The van der Waals surface area contributed by atoms with Gasteiger partial charge in [0.2, 0.25) is 0 Å². The molecule has 2 heteroatoms. The van der Waals surface area contributed by atoms with Crippen molar-refractivity contribution >= 4 is 0 Å². The molecule has 1 aliphatic rings. The molecule has 1 aromatic rings. The van der Waals surface area contributed by atoms with Gasteiger partial charge in [0.25, 0.3) is 0 Å². The highest BCUT2D eigenvalue weighted by Gasteiger charge is 2.21. The minimum atomic E-state index is -0.153. The summed E-state index contributed by atoms with van der Waals surface area (Å²) in [6, 6.07) is 8.36. The lowest BCUT2D eigenvalue weighted by Crippen LogP contribution is -2.17. The molecule has 0 bridgehead atoms. The monoisotopic (exact) mass is 248 g/mol. The van der Waals surface area contributed by atoms with E-state index < -0.39 is 0 Å². The van der Waals surface area contributed by atoms with Crippen LogP contribution in [0.5, 0.6) is 5.75 Å². The first-order chi connectivity index (χ1) is 8.68. The summed E-state index contributed by atoms with van der Waals surface area (Å²) >= 11 is 0. The average molecular weight is 248 g/mol. The molecule has 0 radical (unpaired) electrons. The highest BCUT2D eigenvalue weighted by Crippen LogP contribution is 2.36. The van der Waals surface area contributed by atoms with Gasteiger partial charge in [-0.15, -0.1) is 0 Å². The van der Waals surface area contributed by atoms with Gasteiger partial charge < -0.3 is 9.84 Å². The van der Waals surface area contributed by atoms with Crippen molar-refractivity contribution in [3.05, 3.63) is 29.8 Å². The first kappa shape index (κ1) is 13.4. The van der Waals surface area contributed by atoms with Crippen molar-refractivity contribution in [3.63, 3.8) is 0 Å². The second kappa shape index (κ2) is 6.24. The molecular formula is C16H24O2. The molecule has 0 spiro atoms. The van der Waals surface area contributed by atoms with Crippen LogP contribution in [0.2, 0.25) is 0 Å². The van der Waals surface area contributed by atoms with Crippen LogP contribution in [-0.4, -0.2) is 17.8 Å². The molecule has 0 aliphatic carbocycles. The number of hydrogen-bond acceptors (Lipinski definition) is 2. The highest BCUT2D eigenvalue weighted by atomic mass is 16.5. The lowest BCUT2D eigenvalue weighted by molar-refractivity contribution is 0.112. The predicted molar refractivity (Wildman–Crippen MR) is 74.0 cm³/mol. The Kier molecular flexibility index (Phi) is 4.65. The van der Waals surface area contributed by atoms with Gasteiger partial charge in [0.15, 0.2) is 0 Å². The van der Waals surface area contributed by atoms with Gasteiger partial charge in [-0.1, -0.05) is 38.5 Å². The fourth-order valence-corrected chi connectivity index (χ4v) is 2.62. The number of aliphatic hydroxyl groups excluding tert-OH is 1. The minimum Gasteiger partial charge on any atom is -0.493 e. The van der Waals surface area contributed by atoms with Crippen LogP contribution in [0.15, 0.2) is 24.3 Å². The van der Waals surface area contributed by atoms with E-state index in [0.717, 1.165) is 38.0 Å². The molecule has 2 unspecified atom stereocenters. The third-order valence-electron chi connectivity index (χ3n) is 3.90. The van der Waals surface area contributed by atoms with E-state index in [1.807, 2.05) is 6.07 Å². The average Bonchev–Trinajstić information content (AvgIpc) is 2.38. The first-order valence-electron chi connectivity index (χ1n) is 7.08. The summed E-state index contributed by atoms with van der Waals surface area (Å²) in [6.07, 6.45) is 4.12. The SMILES string of the molecule is CC(C)C(O)CCCC1CCOc2ccccc21. The Morgan fingerprint density at radius 3 is 2.89 bits per heavy atom. The number of aliphatic hydroxyl groups is 1. The smallest absolute Gasteiger partial charge is 0.122 e. The van der Waals surface area contributed by atoms with Crippen molar-refractivity contribution in [1.29, 1.82) is 0 Å². The molecule has 2 atom stereocenters. The van der Waals surface area contributed by atoms with Crippen molar-refractivity contribution < 1.29 is 9.84 Å². The molecule has 1 N–H and O–H groups in total. The summed E-state index contributed by atoms with van der Waals surface area (Å²) < 4.78 is 5.67. The Balaban J connectivity index is 1.88. The van der Waals surface area contributed by atoms with Crippen molar-refractivity contribution in [3.8, 4) is 5.75 Å². The lowest BCUT2D eigenvalue weighted by atomic mass is 9.87. The van der Waals surface area contributed by atoms with E-state index in [2.05, 4.69) is 32.0 Å². The molecular weight excluding hydrogens is 224 g/mol. The van der Waals surface area contributed by atoms with Gasteiger partial charge in [-0.25, -0.2) is 0 Å². The third kappa shape index (κ3) is 3.26. The maximum atomic E-state index is 9.83. The number of benzene rings is 1. The van der Waals surface area contributed by atoms with Crippen molar-refractivity contribution in [2.75, 3.05) is 6.61 Å².